The SMILES string of the molecule is Cc1nn(CC(=O)Nc2ncn(Cc3ccccc3F)n2)cc1[N+](=O)[O-]. The predicted octanol–water partition coefficient (Wildman–Crippen LogP) is 1.52. The number of hydrogen-bond donors (Lipinski definition) is 1. The summed E-state index contributed by atoms with van der Waals surface area (Å²) in [6, 6.07) is 6.28. The molecule has 26 heavy (non-hydrogen) atoms. The number of halogens is 1. The Kier molecular flexibility index (Phi) is 4.69. The van der Waals surface area contributed by atoms with Gasteiger partial charge in [-0.1, -0.05) is 18.2 Å². The fraction of sp³-hybridized carbons (Fsp3) is 0.200. The number of carbonyl (C=O) groups excluding carboxylic acids is 1. The van der Waals surface area contributed by atoms with Crippen molar-refractivity contribution in [2.24, 2.45) is 0 Å². The van der Waals surface area contributed by atoms with Crippen molar-refractivity contribution in [2.75, 3.05) is 5.32 Å². The number of carbonyl (C=O) groups is 1. The molecule has 11 heteroatoms. The van der Waals surface area contributed by atoms with Gasteiger partial charge in [-0.05, 0) is 13.0 Å². The van der Waals surface area contributed by atoms with Crippen LogP contribution in [0.25, 0.3) is 0 Å². The number of aryl methyl sites for hydroxylation is 1. The third-order valence-corrected chi connectivity index (χ3v) is 3.50. The molecule has 0 fully saturated rings. The van der Waals surface area contributed by atoms with E-state index in [0.717, 1.165) is 0 Å². The Labute approximate surface area is 146 Å². The zero-order chi connectivity index (χ0) is 18.7. The van der Waals surface area contributed by atoms with Crippen LogP contribution in [0.3, 0.4) is 0 Å². The maximum absolute atomic E-state index is 13.6. The molecule has 0 atom stereocenters. The van der Waals surface area contributed by atoms with Gasteiger partial charge in [0.05, 0.1) is 11.5 Å². The number of nitrogens with zero attached hydrogens (tertiary/aromatic N) is 6. The lowest BCUT2D eigenvalue weighted by atomic mass is 10.2. The highest BCUT2D eigenvalue weighted by atomic mass is 19.1. The highest BCUT2D eigenvalue weighted by Gasteiger charge is 2.17. The molecule has 0 aliphatic rings. The fourth-order valence-corrected chi connectivity index (χ4v) is 2.31. The second-order valence-electron chi connectivity index (χ2n) is 5.46. The Morgan fingerprint density at radius 3 is 2.77 bits per heavy atom. The summed E-state index contributed by atoms with van der Waals surface area (Å²) in [4.78, 5) is 26.2. The number of anilines is 1. The van der Waals surface area contributed by atoms with Crippen molar-refractivity contribution in [1.82, 2.24) is 24.5 Å². The molecule has 2 aromatic heterocycles. The summed E-state index contributed by atoms with van der Waals surface area (Å²) in [6.07, 6.45) is 2.55. The molecule has 3 rings (SSSR count). The first-order valence-electron chi connectivity index (χ1n) is 7.53. The zero-order valence-electron chi connectivity index (χ0n) is 13.7. The Morgan fingerprint density at radius 2 is 2.08 bits per heavy atom. The first kappa shape index (κ1) is 17.2. The highest BCUT2D eigenvalue weighted by molar-refractivity contribution is 5.88. The van der Waals surface area contributed by atoms with Crippen LogP contribution in [-0.4, -0.2) is 35.4 Å². The average molecular weight is 359 g/mol. The van der Waals surface area contributed by atoms with Gasteiger partial charge in [-0.25, -0.2) is 14.1 Å². The smallest absolute Gasteiger partial charge is 0.292 e. The van der Waals surface area contributed by atoms with Gasteiger partial charge in [0.2, 0.25) is 11.9 Å². The quantitative estimate of drug-likeness (QED) is 0.526. The number of nitrogens with one attached hydrogen (secondary N) is 1. The van der Waals surface area contributed by atoms with Crippen molar-refractivity contribution < 1.29 is 14.1 Å². The standard InChI is InChI=1S/C15H14FN7O3/c1-10-13(23(25)26)7-21(19-10)8-14(24)18-15-17-9-22(20-15)6-11-4-2-3-5-12(11)16/h2-5,7,9H,6,8H2,1H3,(H,18,20,24). The molecule has 0 bridgehead atoms. The Morgan fingerprint density at radius 1 is 1.31 bits per heavy atom. The number of aromatic nitrogens is 5. The third kappa shape index (κ3) is 3.88. The van der Waals surface area contributed by atoms with Crippen molar-refractivity contribution in [3.63, 3.8) is 0 Å². The van der Waals surface area contributed by atoms with Gasteiger partial charge >= 0.3 is 5.69 Å². The molecule has 10 nitrogen and oxygen atoms in total. The fourth-order valence-electron chi connectivity index (χ4n) is 2.31. The molecular formula is C15H14FN7O3. The Hall–Kier alpha value is -3.63. The van der Waals surface area contributed by atoms with Gasteiger partial charge in [0.1, 0.15) is 30.6 Å². The molecule has 0 unspecified atom stereocenters. The molecule has 0 saturated carbocycles. The number of rotatable bonds is 6. The van der Waals surface area contributed by atoms with E-state index in [1.807, 2.05) is 0 Å². The van der Waals surface area contributed by atoms with Gasteiger partial charge in [0.15, 0.2) is 0 Å². The van der Waals surface area contributed by atoms with E-state index in [4.69, 9.17) is 0 Å². The van der Waals surface area contributed by atoms with Crippen molar-refractivity contribution in [1.29, 1.82) is 0 Å². The van der Waals surface area contributed by atoms with E-state index in [0.29, 0.717) is 5.56 Å². The summed E-state index contributed by atoms with van der Waals surface area (Å²) in [5.41, 5.74) is 0.495. The van der Waals surface area contributed by atoms with Gasteiger partial charge in [0, 0.05) is 5.56 Å². The second-order valence-corrected chi connectivity index (χ2v) is 5.46. The predicted molar refractivity (Wildman–Crippen MR) is 87.8 cm³/mol. The van der Waals surface area contributed by atoms with E-state index in [1.54, 1.807) is 18.2 Å². The highest BCUT2D eigenvalue weighted by Crippen LogP contribution is 2.15. The number of amides is 1. The van der Waals surface area contributed by atoms with Crippen LogP contribution in [0.1, 0.15) is 11.3 Å². The van der Waals surface area contributed by atoms with E-state index in [1.165, 1.54) is 34.9 Å². The monoisotopic (exact) mass is 359 g/mol. The summed E-state index contributed by atoms with van der Waals surface area (Å²) in [7, 11) is 0. The molecule has 0 aliphatic heterocycles. The maximum atomic E-state index is 13.6. The lowest BCUT2D eigenvalue weighted by molar-refractivity contribution is -0.385. The van der Waals surface area contributed by atoms with Crippen molar-refractivity contribution >= 4 is 17.5 Å². The molecule has 134 valence electrons. The lowest BCUT2D eigenvalue weighted by Gasteiger charge is -2.03. The van der Waals surface area contributed by atoms with E-state index >= 15 is 0 Å². The summed E-state index contributed by atoms with van der Waals surface area (Å²) < 4.78 is 16.2. The minimum Gasteiger partial charge on any atom is -0.292 e. The molecule has 1 amide bonds. The van der Waals surface area contributed by atoms with E-state index in [2.05, 4.69) is 20.5 Å². The minimum absolute atomic E-state index is 0.0460. The summed E-state index contributed by atoms with van der Waals surface area (Å²) in [5.74, 6) is -0.806. The van der Waals surface area contributed by atoms with Crippen LogP contribution in [0.5, 0.6) is 0 Å². The second kappa shape index (κ2) is 7.09. The van der Waals surface area contributed by atoms with Crippen LogP contribution in [0.2, 0.25) is 0 Å². The summed E-state index contributed by atoms with van der Waals surface area (Å²) >= 11 is 0. The Bertz CT molecular complexity index is 966. The van der Waals surface area contributed by atoms with Crippen LogP contribution in [-0.2, 0) is 17.9 Å². The first-order chi connectivity index (χ1) is 12.4. The number of nitro groups is 1. The topological polar surface area (TPSA) is 121 Å². The van der Waals surface area contributed by atoms with E-state index in [9.17, 15) is 19.3 Å². The van der Waals surface area contributed by atoms with Gasteiger partial charge in [-0.15, -0.1) is 5.10 Å². The maximum Gasteiger partial charge on any atom is 0.309 e. The molecule has 1 N–H and O–H groups in total. The van der Waals surface area contributed by atoms with Crippen LogP contribution in [0.4, 0.5) is 16.0 Å². The molecule has 1 aromatic carbocycles. The zero-order valence-corrected chi connectivity index (χ0v) is 13.7. The van der Waals surface area contributed by atoms with Crippen LogP contribution < -0.4 is 5.32 Å². The molecular weight excluding hydrogens is 345 g/mol. The molecule has 3 aromatic rings. The normalized spacial score (nSPS) is 10.7. The number of hydrogen-bond acceptors (Lipinski definition) is 6. The summed E-state index contributed by atoms with van der Waals surface area (Å²) in [5, 5.41) is 21.2. The average Bonchev–Trinajstić information content (AvgIpc) is 3.16. The van der Waals surface area contributed by atoms with Crippen LogP contribution in [0, 0.1) is 22.9 Å². The largest absolute Gasteiger partial charge is 0.309 e. The summed E-state index contributed by atoms with van der Waals surface area (Å²) in [6.45, 7) is 1.43. The molecule has 0 spiro atoms. The van der Waals surface area contributed by atoms with Crippen molar-refractivity contribution in [3.8, 4) is 0 Å². The van der Waals surface area contributed by atoms with Crippen molar-refractivity contribution in [3.05, 3.63) is 64.0 Å². The van der Waals surface area contributed by atoms with Crippen molar-refractivity contribution in [2.45, 2.75) is 20.0 Å². The number of benzene rings is 1. The van der Waals surface area contributed by atoms with Gasteiger partial charge in [-0.2, -0.15) is 5.10 Å². The van der Waals surface area contributed by atoms with Gasteiger partial charge < -0.3 is 0 Å². The van der Waals surface area contributed by atoms with Gasteiger partial charge in [-0.3, -0.25) is 24.9 Å². The Balaban J connectivity index is 1.62. The van der Waals surface area contributed by atoms with E-state index < -0.39 is 10.8 Å². The first-order valence-corrected chi connectivity index (χ1v) is 7.53. The van der Waals surface area contributed by atoms with Gasteiger partial charge in [0.25, 0.3) is 0 Å². The van der Waals surface area contributed by atoms with Crippen LogP contribution in [0.15, 0.2) is 36.8 Å². The minimum atomic E-state index is -0.567. The molecule has 0 radical (unpaired) electrons. The lowest BCUT2D eigenvalue weighted by Crippen LogP contribution is -2.20. The molecule has 2 heterocycles. The van der Waals surface area contributed by atoms with E-state index in [-0.39, 0.29) is 36.2 Å². The molecule has 0 aliphatic carbocycles. The van der Waals surface area contributed by atoms with Crippen LogP contribution >= 0.6 is 0 Å². The third-order valence-electron chi connectivity index (χ3n) is 3.50. The molecule has 0 saturated heterocycles.